The number of aliphatic hydroxyl groups excluding tert-OH is 1. The van der Waals surface area contributed by atoms with Crippen LogP contribution in [0.15, 0.2) is 53.4 Å². The lowest BCUT2D eigenvalue weighted by molar-refractivity contribution is -0.130. The van der Waals surface area contributed by atoms with Crippen LogP contribution in [0.2, 0.25) is 10.0 Å². The number of amides is 1. The van der Waals surface area contributed by atoms with Gasteiger partial charge in [-0.1, -0.05) is 53.5 Å². The summed E-state index contributed by atoms with van der Waals surface area (Å²) < 4.78 is 26.7. The smallest absolute Gasteiger partial charge is 0.250 e. The van der Waals surface area contributed by atoms with E-state index in [0.717, 1.165) is 5.56 Å². The molecule has 0 aromatic heterocycles. The number of carbonyl (C=O) groups excluding carboxylic acids is 1. The highest BCUT2D eigenvalue weighted by atomic mass is 35.5. The number of sulfonamides is 1. The Kier molecular flexibility index (Phi) is 8.23. The fourth-order valence-electron chi connectivity index (χ4n) is 2.40. The van der Waals surface area contributed by atoms with Crippen LogP contribution in [0.25, 0.3) is 0 Å². The third-order valence-corrected chi connectivity index (χ3v) is 6.10. The average molecular weight is 446 g/mol. The number of rotatable bonds is 9. The van der Waals surface area contributed by atoms with Crippen LogP contribution in [-0.2, 0) is 21.2 Å². The summed E-state index contributed by atoms with van der Waals surface area (Å²) in [5.41, 5.74) is 6.78. The molecule has 0 spiro atoms. The van der Waals surface area contributed by atoms with E-state index < -0.39 is 28.1 Å². The molecule has 2 rings (SSSR count). The van der Waals surface area contributed by atoms with E-state index in [1.54, 1.807) is 0 Å². The summed E-state index contributed by atoms with van der Waals surface area (Å²) in [6.07, 6.45) is -1.08. The predicted molar refractivity (Wildman–Crippen MR) is 109 cm³/mol. The molecule has 0 fully saturated rings. The van der Waals surface area contributed by atoms with Crippen molar-refractivity contribution in [2.45, 2.75) is 23.5 Å². The molecule has 0 aliphatic rings. The third kappa shape index (κ3) is 6.44. The van der Waals surface area contributed by atoms with E-state index in [0.29, 0.717) is 6.42 Å². The van der Waals surface area contributed by atoms with Gasteiger partial charge in [0.05, 0.1) is 14.9 Å². The minimum Gasteiger partial charge on any atom is -0.382 e. The second-order valence-corrected chi connectivity index (χ2v) is 8.64. The number of carbonyl (C=O) groups is 1. The van der Waals surface area contributed by atoms with Crippen molar-refractivity contribution in [1.82, 2.24) is 10.0 Å². The van der Waals surface area contributed by atoms with Crippen molar-refractivity contribution < 1.29 is 18.3 Å². The second kappa shape index (κ2) is 10.2. The molecular weight excluding hydrogens is 425 g/mol. The second-order valence-electron chi connectivity index (χ2n) is 6.06. The van der Waals surface area contributed by atoms with E-state index in [1.165, 1.54) is 18.2 Å². The van der Waals surface area contributed by atoms with Gasteiger partial charge in [-0.2, -0.15) is 0 Å². The van der Waals surface area contributed by atoms with Crippen molar-refractivity contribution in [3.63, 3.8) is 0 Å². The summed E-state index contributed by atoms with van der Waals surface area (Å²) in [5.74, 6) is -0.669. The fourth-order valence-corrected chi connectivity index (χ4v) is 3.82. The number of halogens is 2. The van der Waals surface area contributed by atoms with Crippen molar-refractivity contribution in [3.8, 4) is 0 Å². The van der Waals surface area contributed by atoms with E-state index in [1.807, 2.05) is 30.3 Å². The van der Waals surface area contributed by atoms with Crippen molar-refractivity contribution in [1.29, 1.82) is 0 Å². The first-order valence-corrected chi connectivity index (χ1v) is 10.6. The SMILES string of the molecule is N[C@@H](Cc1ccccc1)C(O)C(=O)NCCNS(=O)(=O)c1ccc(Cl)c(Cl)c1. The lowest BCUT2D eigenvalue weighted by Gasteiger charge is -2.18. The fraction of sp³-hybridized carbons (Fsp3) is 0.278. The Balaban J connectivity index is 1.80. The maximum absolute atomic E-state index is 12.2. The molecule has 152 valence electrons. The highest BCUT2D eigenvalue weighted by molar-refractivity contribution is 7.89. The highest BCUT2D eigenvalue weighted by Crippen LogP contribution is 2.24. The normalized spacial score (nSPS) is 13.7. The van der Waals surface area contributed by atoms with Gasteiger partial charge in [0.25, 0.3) is 5.91 Å². The zero-order valence-electron chi connectivity index (χ0n) is 14.8. The molecule has 0 heterocycles. The molecule has 2 atom stereocenters. The first-order valence-electron chi connectivity index (χ1n) is 8.40. The number of hydrogen-bond donors (Lipinski definition) is 4. The summed E-state index contributed by atoms with van der Waals surface area (Å²) >= 11 is 11.6. The molecule has 0 saturated carbocycles. The van der Waals surface area contributed by atoms with Gasteiger partial charge in [-0.05, 0) is 30.2 Å². The van der Waals surface area contributed by atoms with Crippen LogP contribution in [0.3, 0.4) is 0 Å². The maximum atomic E-state index is 12.2. The van der Waals surface area contributed by atoms with Crippen LogP contribution in [0.1, 0.15) is 5.56 Å². The Labute approximate surface area is 173 Å². The Morgan fingerprint density at radius 1 is 1.07 bits per heavy atom. The van der Waals surface area contributed by atoms with Crippen LogP contribution < -0.4 is 15.8 Å². The number of benzene rings is 2. The van der Waals surface area contributed by atoms with Crippen LogP contribution >= 0.6 is 23.2 Å². The molecule has 5 N–H and O–H groups in total. The van der Waals surface area contributed by atoms with Crippen molar-refractivity contribution in [3.05, 3.63) is 64.1 Å². The first kappa shape index (κ1) is 22.6. The predicted octanol–water partition coefficient (Wildman–Crippen LogP) is 1.32. The topological polar surface area (TPSA) is 122 Å². The summed E-state index contributed by atoms with van der Waals surface area (Å²) in [6.45, 7) is -0.0938. The largest absolute Gasteiger partial charge is 0.382 e. The number of nitrogens with one attached hydrogen (secondary N) is 2. The molecule has 0 aliphatic carbocycles. The molecule has 10 heteroatoms. The van der Waals surface area contributed by atoms with Crippen molar-refractivity contribution in [2.24, 2.45) is 5.73 Å². The van der Waals surface area contributed by atoms with Crippen LogP contribution in [0.4, 0.5) is 0 Å². The summed E-state index contributed by atoms with van der Waals surface area (Å²) in [7, 11) is -3.81. The molecule has 2 aromatic carbocycles. The highest BCUT2D eigenvalue weighted by Gasteiger charge is 2.23. The molecule has 0 radical (unpaired) electrons. The molecule has 0 aliphatic heterocycles. The van der Waals surface area contributed by atoms with Crippen LogP contribution in [0, 0.1) is 0 Å². The lowest BCUT2D eigenvalue weighted by Crippen LogP contribution is -2.48. The Hall–Kier alpha value is -1.68. The minimum absolute atomic E-state index is 0.0193. The summed E-state index contributed by atoms with van der Waals surface area (Å²) in [4.78, 5) is 12.0. The molecule has 2 aromatic rings. The van der Waals surface area contributed by atoms with Crippen LogP contribution in [-0.4, -0.2) is 44.7 Å². The van der Waals surface area contributed by atoms with E-state index in [2.05, 4.69) is 10.0 Å². The van der Waals surface area contributed by atoms with Gasteiger partial charge in [0.1, 0.15) is 6.10 Å². The minimum atomic E-state index is -3.81. The quantitative estimate of drug-likeness (QED) is 0.433. The molecule has 0 bridgehead atoms. The Morgan fingerprint density at radius 2 is 1.75 bits per heavy atom. The summed E-state index contributed by atoms with van der Waals surface area (Å²) in [6, 6.07) is 12.4. The van der Waals surface area contributed by atoms with Gasteiger partial charge in [-0.25, -0.2) is 13.1 Å². The van der Waals surface area contributed by atoms with E-state index >= 15 is 0 Å². The lowest BCUT2D eigenvalue weighted by atomic mass is 10.0. The van der Waals surface area contributed by atoms with Crippen molar-refractivity contribution in [2.75, 3.05) is 13.1 Å². The number of nitrogens with two attached hydrogens (primary N) is 1. The number of hydrogen-bond acceptors (Lipinski definition) is 5. The maximum Gasteiger partial charge on any atom is 0.250 e. The number of aliphatic hydroxyl groups is 1. The first-order chi connectivity index (χ1) is 13.2. The van der Waals surface area contributed by atoms with Gasteiger partial charge in [0.15, 0.2) is 0 Å². The van der Waals surface area contributed by atoms with Gasteiger partial charge >= 0.3 is 0 Å². The molecule has 7 nitrogen and oxygen atoms in total. The standard InChI is InChI=1S/C18H21Cl2N3O4S/c19-14-7-6-13(11-15(14)20)28(26,27)23-9-8-22-18(25)17(24)16(21)10-12-4-2-1-3-5-12/h1-7,11,16-17,23-24H,8-10,21H2,(H,22,25)/t16-,17?/m0/s1. The summed E-state index contributed by atoms with van der Waals surface area (Å²) in [5, 5.41) is 12.9. The van der Waals surface area contributed by atoms with Crippen molar-refractivity contribution >= 4 is 39.1 Å². The van der Waals surface area contributed by atoms with Gasteiger partial charge < -0.3 is 16.2 Å². The zero-order valence-corrected chi connectivity index (χ0v) is 17.1. The van der Waals surface area contributed by atoms with Gasteiger partial charge in [-0.15, -0.1) is 0 Å². The Bertz CT molecular complexity index is 910. The molecular formula is C18H21Cl2N3O4S. The van der Waals surface area contributed by atoms with E-state index in [9.17, 15) is 18.3 Å². The van der Waals surface area contributed by atoms with Gasteiger partial charge in [0.2, 0.25) is 10.0 Å². The van der Waals surface area contributed by atoms with Crippen LogP contribution in [0.5, 0.6) is 0 Å². The molecule has 1 unspecified atom stereocenters. The molecule has 1 amide bonds. The van der Waals surface area contributed by atoms with E-state index in [4.69, 9.17) is 28.9 Å². The Morgan fingerprint density at radius 3 is 2.39 bits per heavy atom. The average Bonchev–Trinajstić information content (AvgIpc) is 2.67. The third-order valence-electron chi connectivity index (χ3n) is 3.91. The molecule has 0 saturated heterocycles. The zero-order chi connectivity index (χ0) is 20.7. The molecule has 28 heavy (non-hydrogen) atoms. The van der Waals surface area contributed by atoms with Gasteiger partial charge in [0, 0.05) is 19.1 Å². The van der Waals surface area contributed by atoms with Gasteiger partial charge in [-0.3, -0.25) is 4.79 Å². The monoisotopic (exact) mass is 445 g/mol. The van der Waals surface area contributed by atoms with E-state index in [-0.39, 0.29) is 28.0 Å².